The Morgan fingerprint density at radius 1 is 1.15 bits per heavy atom. The Morgan fingerprint density at radius 3 is 2.35 bits per heavy atom. The molecule has 1 saturated heterocycles. The van der Waals surface area contributed by atoms with Crippen LogP contribution >= 0.6 is 0 Å². The van der Waals surface area contributed by atoms with Gasteiger partial charge in [-0.25, -0.2) is 4.79 Å². The van der Waals surface area contributed by atoms with Crippen LogP contribution in [0.2, 0.25) is 0 Å². The number of nitrogens with one attached hydrogen (secondary N) is 1. The summed E-state index contributed by atoms with van der Waals surface area (Å²) in [5, 5.41) is 2.85. The fourth-order valence-corrected chi connectivity index (χ4v) is 3.74. The highest BCUT2D eigenvalue weighted by Crippen LogP contribution is 2.31. The third kappa shape index (κ3) is 6.18. The van der Waals surface area contributed by atoms with Crippen LogP contribution in [0.5, 0.6) is 0 Å². The molecule has 7 nitrogen and oxygen atoms in total. The van der Waals surface area contributed by atoms with Crippen LogP contribution in [0.15, 0.2) is 0 Å². The summed E-state index contributed by atoms with van der Waals surface area (Å²) in [5.41, 5.74) is -0.480. The summed E-state index contributed by atoms with van der Waals surface area (Å²) >= 11 is 0. The lowest BCUT2D eigenvalue weighted by Crippen LogP contribution is -2.37. The number of likely N-dealkylation sites (tertiary alicyclic amines) is 1. The first-order valence-electron chi connectivity index (χ1n) is 9.50. The van der Waals surface area contributed by atoms with Gasteiger partial charge in [-0.3, -0.25) is 9.59 Å². The number of methoxy groups -OCH3 is 1. The molecule has 0 radical (unpaired) electrons. The Labute approximate surface area is 155 Å². The highest BCUT2D eigenvalue weighted by Gasteiger charge is 2.36. The lowest BCUT2D eigenvalue weighted by Gasteiger charge is -2.31. The molecule has 148 valence electrons. The average molecular weight is 368 g/mol. The molecule has 1 heterocycles. The molecule has 0 aromatic heterocycles. The van der Waals surface area contributed by atoms with E-state index in [1.54, 1.807) is 0 Å². The summed E-state index contributed by atoms with van der Waals surface area (Å²) in [6, 6.07) is 0. The Bertz CT molecular complexity index is 521. The van der Waals surface area contributed by atoms with E-state index in [1.807, 2.05) is 25.7 Å². The van der Waals surface area contributed by atoms with Crippen LogP contribution in [0.3, 0.4) is 0 Å². The van der Waals surface area contributed by atoms with Gasteiger partial charge < -0.3 is 19.7 Å². The van der Waals surface area contributed by atoms with Crippen LogP contribution in [0.25, 0.3) is 0 Å². The van der Waals surface area contributed by atoms with Gasteiger partial charge in [0, 0.05) is 26.1 Å². The summed E-state index contributed by atoms with van der Waals surface area (Å²) in [6.45, 7) is 7.38. The van der Waals surface area contributed by atoms with Crippen molar-refractivity contribution >= 4 is 18.0 Å². The van der Waals surface area contributed by atoms with Crippen LogP contribution in [0.4, 0.5) is 4.79 Å². The molecule has 0 bridgehead atoms. The van der Waals surface area contributed by atoms with Gasteiger partial charge in [0.1, 0.15) is 5.60 Å². The lowest BCUT2D eigenvalue weighted by molar-refractivity contribution is -0.145. The van der Waals surface area contributed by atoms with Gasteiger partial charge in [0.05, 0.1) is 13.0 Å². The van der Waals surface area contributed by atoms with Crippen LogP contribution in [0.1, 0.15) is 52.9 Å². The molecule has 1 unspecified atom stereocenters. The number of amides is 2. The number of hydrogen-bond acceptors (Lipinski definition) is 5. The van der Waals surface area contributed by atoms with Crippen LogP contribution in [0, 0.1) is 17.8 Å². The summed E-state index contributed by atoms with van der Waals surface area (Å²) in [4.78, 5) is 37.2. The van der Waals surface area contributed by atoms with E-state index >= 15 is 0 Å². The minimum absolute atomic E-state index is 0.0501. The minimum atomic E-state index is -0.480. The zero-order chi connectivity index (χ0) is 19.3. The third-order valence-corrected chi connectivity index (χ3v) is 5.13. The van der Waals surface area contributed by atoms with Crippen molar-refractivity contribution in [1.82, 2.24) is 10.2 Å². The number of ether oxygens (including phenoxy) is 2. The molecular weight excluding hydrogens is 336 g/mol. The van der Waals surface area contributed by atoms with E-state index < -0.39 is 5.60 Å². The van der Waals surface area contributed by atoms with Crippen LogP contribution < -0.4 is 5.32 Å². The molecule has 0 aromatic carbocycles. The fourth-order valence-electron chi connectivity index (χ4n) is 3.74. The molecule has 1 aliphatic carbocycles. The first kappa shape index (κ1) is 20.5. The Kier molecular flexibility index (Phi) is 6.89. The largest absolute Gasteiger partial charge is 0.469 e. The molecule has 2 fully saturated rings. The van der Waals surface area contributed by atoms with Gasteiger partial charge in [0.2, 0.25) is 5.91 Å². The van der Waals surface area contributed by atoms with E-state index in [0.29, 0.717) is 24.9 Å². The Hall–Kier alpha value is -1.79. The van der Waals surface area contributed by atoms with Crippen molar-refractivity contribution in [1.29, 1.82) is 0 Å². The van der Waals surface area contributed by atoms with Crippen LogP contribution in [-0.2, 0) is 19.1 Å². The van der Waals surface area contributed by atoms with E-state index in [4.69, 9.17) is 9.47 Å². The number of hydrogen-bond donors (Lipinski definition) is 1. The molecule has 2 rings (SSSR count). The zero-order valence-corrected chi connectivity index (χ0v) is 16.4. The van der Waals surface area contributed by atoms with Crippen molar-refractivity contribution in [3.05, 3.63) is 0 Å². The second kappa shape index (κ2) is 8.73. The predicted octanol–water partition coefficient (Wildman–Crippen LogP) is 2.34. The Balaban J connectivity index is 1.68. The molecule has 7 heteroatoms. The smallest absolute Gasteiger partial charge is 0.407 e. The standard InChI is InChI=1S/C19H32N2O5/c1-19(2,3)26-18(24)20-10-13-5-7-14(8-6-13)11-21-12-15(9-16(21)22)17(23)25-4/h13-15H,5-12H2,1-4H3,(H,20,24). The molecule has 0 spiro atoms. The molecule has 1 N–H and O–H groups in total. The third-order valence-electron chi connectivity index (χ3n) is 5.13. The maximum atomic E-state index is 12.1. The monoisotopic (exact) mass is 368 g/mol. The van der Waals surface area contributed by atoms with Crippen molar-refractivity contribution in [2.75, 3.05) is 26.7 Å². The summed E-state index contributed by atoms with van der Waals surface area (Å²) in [6.07, 6.45) is 4.03. The average Bonchev–Trinajstić information content (AvgIpc) is 2.93. The van der Waals surface area contributed by atoms with Gasteiger partial charge >= 0.3 is 12.1 Å². The van der Waals surface area contributed by atoms with Gasteiger partial charge in [0.25, 0.3) is 0 Å². The second-order valence-corrected chi connectivity index (χ2v) is 8.49. The molecule has 26 heavy (non-hydrogen) atoms. The molecule has 2 amide bonds. The second-order valence-electron chi connectivity index (χ2n) is 8.49. The van der Waals surface area contributed by atoms with E-state index in [-0.39, 0.29) is 30.3 Å². The number of esters is 1. The highest BCUT2D eigenvalue weighted by atomic mass is 16.6. The van der Waals surface area contributed by atoms with Crippen molar-refractivity contribution in [2.24, 2.45) is 17.8 Å². The van der Waals surface area contributed by atoms with Crippen molar-refractivity contribution in [3.8, 4) is 0 Å². The van der Waals surface area contributed by atoms with Gasteiger partial charge in [-0.2, -0.15) is 0 Å². The number of alkyl carbamates (subject to hydrolysis) is 1. The predicted molar refractivity (Wildman–Crippen MR) is 96.4 cm³/mol. The van der Waals surface area contributed by atoms with Crippen molar-refractivity contribution in [3.63, 3.8) is 0 Å². The Morgan fingerprint density at radius 2 is 1.77 bits per heavy atom. The maximum absolute atomic E-state index is 12.1. The summed E-state index contributed by atoms with van der Waals surface area (Å²) in [5.74, 6) is 0.359. The van der Waals surface area contributed by atoms with Gasteiger partial charge in [0.15, 0.2) is 0 Å². The van der Waals surface area contributed by atoms with Crippen molar-refractivity contribution < 1.29 is 23.9 Å². The van der Waals surface area contributed by atoms with Gasteiger partial charge in [-0.15, -0.1) is 0 Å². The molecule has 2 aliphatic rings. The molecule has 1 aliphatic heterocycles. The topological polar surface area (TPSA) is 84.9 Å². The van der Waals surface area contributed by atoms with Gasteiger partial charge in [-0.1, -0.05) is 0 Å². The van der Waals surface area contributed by atoms with Crippen molar-refractivity contribution in [2.45, 2.75) is 58.5 Å². The maximum Gasteiger partial charge on any atom is 0.407 e. The minimum Gasteiger partial charge on any atom is -0.469 e. The quantitative estimate of drug-likeness (QED) is 0.753. The number of carbonyl (C=O) groups is 3. The number of carbonyl (C=O) groups excluding carboxylic acids is 3. The van der Waals surface area contributed by atoms with E-state index in [0.717, 1.165) is 32.2 Å². The summed E-state index contributed by atoms with van der Waals surface area (Å²) < 4.78 is 10.0. The van der Waals surface area contributed by atoms with Crippen LogP contribution in [-0.4, -0.2) is 55.2 Å². The van der Waals surface area contributed by atoms with E-state index in [2.05, 4.69) is 5.32 Å². The first-order chi connectivity index (χ1) is 12.2. The fraction of sp³-hybridized carbons (Fsp3) is 0.842. The van der Waals surface area contributed by atoms with E-state index in [9.17, 15) is 14.4 Å². The first-order valence-corrected chi connectivity index (χ1v) is 9.50. The molecule has 1 atom stereocenters. The normalized spacial score (nSPS) is 26.5. The lowest BCUT2D eigenvalue weighted by atomic mass is 9.81. The van der Waals surface area contributed by atoms with E-state index in [1.165, 1.54) is 7.11 Å². The molecule has 0 aromatic rings. The molecular formula is C19H32N2O5. The summed E-state index contributed by atoms with van der Waals surface area (Å²) in [7, 11) is 1.36. The highest BCUT2D eigenvalue weighted by molar-refractivity contribution is 5.86. The zero-order valence-electron chi connectivity index (χ0n) is 16.4. The van der Waals surface area contributed by atoms with Gasteiger partial charge in [-0.05, 0) is 58.3 Å². The molecule has 1 saturated carbocycles. The number of rotatable bonds is 5. The SMILES string of the molecule is COC(=O)C1CC(=O)N(CC2CCC(CNC(=O)OC(C)(C)C)CC2)C1. The number of nitrogens with zero attached hydrogens (tertiary/aromatic N) is 1.